The smallest absolute Gasteiger partial charge is 0.321 e. The fourth-order valence-electron chi connectivity index (χ4n) is 2.47. The summed E-state index contributed by atoms with van der Waals surface area (Å²) in [6.45, 7) is 5.44. The Hall–Kier alpha value is -2.28. The van der Waals surface area contributed by atoms with E-state index in [0.717, 1.165) is 28.9 Å². The van der Waals surface area contributed by atoms with Crippen LogP contribution in [0.2, 0.25) is 0 Å². The second-order valence-electron chi connectivity index (χ2n) is 6.10. The van der Waals surface area contributed by atoms with Gasteiger partial charge in [0, 0.05) is 12.1 Å². The Bertz CT molecular complexity index is 590. The molecule has 3 amide bonds. The number of aryl methyl sites for hydroxylation is 1. The number of benzene rings is 1. The fraction of sp³-hybridized carbons (Fsp3) is 0.556. The SMILES string of the molecule is CCCCNC(=O)NC(=O)C[NH+](C)Cc1cc(OC)c(OC)cc1C. The highest BCUT2D eigenvalue weighted by atomic mass is 16.5. The number of likely N-dealkylation sites (N-methyl/N-ethyl adjacent to an activating group) is 1. The molecule has 0 fully saturated rings. The van der Waals surface area contributed by atoms with Crippen molar-refractivity contribution in [2.75, 3.05) is 34.4 Å². The Labute approximate surface area is 149 Å². The van der Waals surface area contributed by atoms with Crippen LogP contribution in [-0.2, 0) is 11.3 Å². The van der Waals surface area contributed by atoms with Gasteiger partial charge in [0.15, 0.2) is 18.0 Å². The molecule has 0 saturated heterocycles. The van der Waals surface area contributed by atoms with Gasteiger partial charge in [0.1, 0.15) is 6.54 Å². The number of imide groups is 1. The minimum atomic E-state index is -0.437. The number of carbonyl (C=O) groups is 2. The molecule has 1 unspecified atom stereocenters. The van der Waals surface area contributed by atoms with Gasteiger partial charge in [-0.2, -0.15) is 0 Å². The van der Waals surface area contributed by atoms with Gasteiger partial charge >= 0.3 is 6.03 Å². The molecule has 0 aliphatic carbocycles. The van der Waals surface area contributed by atoms with E-state index in [1.165, 1.54) is 0 Å². The molecular formula is C18H30N3O4+. The zero-order chi connectivity index (χ0) is 18.8. The molecule has 0 saturated carbocycles. The first kappa shape index (κ1) is 20.8. The summed E-state index contributed by atoms with van der Waals surface area (Å²) in [4.78, 5) is 24.5. The molecule has 1 aromatic rings. The summed E-state index contributed by atoms with van der Waals surface area (Å²) in [6.07, 6.45) is 1.89. The first-order chi connectivity index (χ1) is 11.9. The third-order valence-corrected chi connectivity index (χ3v) is 3.87. The number of nitrogens with one attached hydrogen (secondary N) is 3. The second kappa shape index (κ2) is 10.6. The molecule has 7 nitrogen and oxygen atoms in total. The first-order valence-corrected chi connectivity index (χ1v) is 8.51. The number of urea groups is 1. The van der Waals surface area contributed by atoms with Gasteiger partial charge in [-0.3, -0.25) is 10.1 Å². The largest absolute Gasteiger partial charge is 0.493 e. The lowest BCUT2D eigenvalue weighted by atomic mass is 10.1. The van der Waals surface area contributed by atoms with Gasteiger partial charge in [-0.25, -0.2) is 4.79 Å². The molecule has 0 aliphatic heterocycles. The molecule has 0 spiro atoms. The quantitative estimate of drug-likeness (QED) is 0.570. The van der Waals surface area contributed by atoms with Crippen LogP contribution >= 0.6 is 0 Å². The Balaban J connectivity index is 2.57. The molecule has 1 rings (SSSR count). The van der Waals surface area contributed by atoms with Crippen molar-refractivity contribution in [3.8, 4) is 11.5 Å². The van der Waals surface area contributed by atoms with Gasteiger partial charge < -0.3 is 19.7 Å². The Morgan fingerprint density at radius 2 is 1.80 bits per heavy atom. The number of quaternary nitrogens is 1. The molecule has 1 atom stereocenters. The van der Waals surface area contributed by atoms with E-state index >= 15 is 0 Å². The maximum absolute atomic E-state index is 12.0. The fourth-order valence-corrected chi connectivity index (χ4v) is 2.47. The van der Waals surface area contributed by atoms with Crippen LogP contribution < -0.4 is 25.0 Å². The Kier molecular flexibility index (Phi) is 8.77. The lowest BCUT2D eigenvalue weighted by Crippen LogP contribution is -3.09. The van der Waals surface area contributed by atoms with E-state index in [1.807, 2.05) is 33.0 Å². The summed E-state index contributed by atoms with van der Waals surface area (Å²) >= 11 is 0. The molecule has 0 aromatic heterocycles. The lowest BCUT2D eigenvalue weighted by Gasteiger charge is -2.17. The molecule has 0 radical (unpaired) electrons. The van der Waals surface area contributed by atoms with Crippen LogP contribution in [0.3, 0.4) is 0 Å². The van der Waals surface area contributed by atoms with Gasteiger partial charge in [-0.15, -0.1) is 0 Å². The zero-order valence-electron chi connectivity index (χ0n) is 15.8. The highest BCUT2D eigenvalue weighted by Gasteiger charge is 2.16. The topological polar surface area (TPSA) is 81.1 Å². The summed E-state index contributed by atoms with van der Waals surface area (Å²) < 4.78 is 10.6. The van der Waals surface area contributed by atoms with E-state index in [-0.39, 0.29) is 12.5 Å². The van der Waals surface area contributed by atoms with Crippen molar-refractivity contribution in [2.45, 2.75) is 33.2 Å². The van der Waals surface area contributed by atoms with Gasteiger partial charge in [-0.1, -0.05) is 13.3 Å². The summed E-state index contributed by atoms with van der Waals surface area (Å²) in [7, 11) is 5.10. The third kappa shape index (κ3) is 7.01. The second-order valence-corrected chi connectivity index (χ2v) is 6.10. The van der Waals surface area contributed by atoms with Crippen LogP contribution in [-0.4, -0.2) is 46.3 Å². The zero-order valence-corrected chi connectivity index (χ0v) is 15.8. The van der Waals surface area contributed by atoms with Gasteiger partial charge in [-0.05, 0) is 31.0 Å². The molecule has 25 heavy (non-hydrogen) atoms. The van der Waals surface area contributed by atoms with E-state index in [9.17, 15) is 9.59 Å². The standard InChI is InChI=1S/C18H29N3O4/c1-6-7-8-19-18(23)20-17(22)12-21(3)11-14-10-16(25-5)15(24-4)9-13(14)2/h9-10H,6-8,11-12H2,1-5H3,(H2,19,20,22,23)/p+1. The molecule has 0 heterocycles. The summed E-state index contributed by atoms with van der Waals surface area (Å²) in [5.74, 6) is 1.04. The van der Waals surface area contributed by atoms with Crippen molar-refractivity contribution >= 4 is 11.9 Å². The maximum atomic E-state index is 12.0. The number of hydrogen-bond acceptors (Lipinski definition) is 4. The van der Waals surface area contributed by atoms with E-state index in [1.54, 1.807) is 14.2 Å². The minimum Gasteiger partial charge on any atom is -0.493 e. The maximum Gasteiger partial charge on any atom is 0.321 e. The van der Waals surface area contributed by atoms with Crippen LogP contribution in [0.25, 0.3) is 0 Å². The highest BCUT2D eigenvalue weighted by molar-refractivity contribution is 5.94. The Morgan fingerprint density at radius 3 is 2.40 bits per heavy atom. The van der Waals surface area contributed by atoms with Crippen molar-refractivity contribution < 1.29 is 24.0 Å². The van der Waals surface area contributed by atoms with Crippen LogP contribution in [0, 0.1) is 6.92 Å². The monoisotopic (exact) mass is 352 g/mol. The normalized spacial score (nSPS) is 11.6. The van der Waals surface area contributed by atoms with Crippen molar-refractivity contribution in [3.05, 3.63) is 23.3 Å². The molecule has 0 bridgehead atoms. The molecular weight excluding hydrogens is 322 g/mol. The lowest BCUT2D eigenvalue weighted by molar-refractivity contribution is -0.885. The molecule has 7 heteroatoms. The number of methoxy groups -OCH3 is 2. The first-order valence-electron chi connectivity index (χ1n) is 8.51. The van der Waals surface area contributed by atoms with E-state index < -0.39 is 6.03 Å². The predicted octanol–water partition coefficient (Wildman–Crippen LogP) is 0.653. The van der Waals surface area contributed by atoms with Gasteiger partial charge in [0.2, 0.25) is 0 Å². The van der Waals surface area contributed by atoms with E-state index in [4.69, 9.17) is 9.47 Å². The third-order valence-electron chi connectivity index (χ3n) is 3.87. The van der Waals surface area contributed by atoms with Crippen LogP contribution in [0.4, 0.5) is 4.79 Å². The minimum absolute atomic E-state index is 0.203. The molecule has 1 aromatic carbocycles. The molecule has 3 N–H and O–H groups in total. The average Bonchev–Trinajstić information content (AvgIpc) is 2.56. The van der Waals surface area contributed by atoms with E-state index in [0.29, 0.717) is 24.6 Å². The van der Waals surface area contributed by atoms with Crippen molar-refractivity contribution in [3.63, 3.8) is 0 Å². The summed E-state index contributed by atoms with van der Waals surface area (Å²) in [5, 5.41) is 5.02. The van der Waals surface area contributed by atoms with Gasteiger partial charge in [0.05, 0.1) is 21.3 Å². The Morgan fingerprint density at radius 1 is 1.16 bits per heavy atom. The number of unbranched alkanes of at least 4 members (excludes halogenated alkanes) is 1. The molecule has 0 aliphatic rings. The summed E-state index contributed by atoms with van der Waals surface area (Å²) in [6, 6.07) is 3.41. The number of carbonyl (C=O) groups excluding carboxylic acids is 2. The van der Waals surface area contributed by atoms with Crippen molar-refractivity contribution in [1.29, 1.82) is 0 Å². The highest BCUT2D eigenvalue weighted by Crippen LogP contribution is 2.29. The van der Waals surface area contributed by atoms with Crippen LogP contribution in [0.1, 0.15) is 30.9 Å². The van der Waals surface area contributed by atoms with Crippen molar-refractivity contribution in [1.82, 2.24) is 10.6 Å². The number of amides is 3. The van der Waals surface area contributed by atoms with Crippen LogP contribution in [0.15, 0.2) is 12.1 Å². The molecule has 140 valence electrons. The number of ether oxygens (including phenoxy) is 2. The predicted molar refractivity (Wildman–Crippen MR) is 96.2 cm³/mol. The summed E-state index contributed by atoms with van der Waals surface area (Å²) in [5.41, 5.74) is 2.13. The van der Waals surface area contributed by atoms with Crippen LogP contribution in [0.5, 0.6) is 11.5 Å². The average molecular weight is 352 g/mol. The number of rotatable bonds is 9. The van der Waals surface area contributed by atoms with E-state index in [2.05, 4.69) is 10.6 Å². The van der Waals surface area contributed by atoms with Gasteiger partial charge in [0.25, 0.3) is 5.91 Å². The number of hydrogen-bond donors (Lipinski definition) is 3. The van der Waals surface area contributed by atoms with Crippen molar-refractivity contribution in [2.24, 2.45) is 0 Å².